The fourth-order valence-electron chi connectivity index (χ4n) is 3.76. The average molecular weight is 350 g/mol. The number of carboxylic acids is 1. The maximum atomic E-state index is 10.9. The highest BCUT2D eigenvalue weighted by Gasteiger charge is 2.38. The molecule has 4 nitrogen and oxygen atoms in total. The number of benzene rings is 2. The second-order valence-electron chi connectivity index (χ2n) is 8.37. The van der Waals surface area contributed by atoms with Crippen molar-refractivity contribution in [3.63, 3.8) is 0 Å². The number of carbonyl (C=O) groups is 1. The lowest BCUT2D eigenvalue weighted by molar-refractivity contribution is 0.0697. The van der Waals surface area contributed by atoms with E-state index in [1.165, 1.54) is 11.1 Å². The van der Waals surface area contributed by atoms with Gasteiger partial charge < -0.3 is 10.8 Å². The van der Waals surface area contributed by atoms with E-state index in [4.69, 9.17) is 10.8 Å². The predicted molar refractivity (Wildman–Crippen MR) is 107 cm³/mol. The van der Waals surface area contributed by atoms with Gasteiger partial charge in [-0.25, -0.2) is 4.79 Å². The molecule has 0 radical (unpaired) electrons. The van der Waals surface area contributed by atoms with Crippen molar-refractivity contribution in [2.24, 2.45) is 4.99 Å². The van der Waals surface area contributed by atoms with Gasteiger partial charge in [-0.1, -0.05) is 39.8 Å². The zero-order valence-electron chi connectivity index (χ0n) is 15.8. The molecular weight excluding hydrogens is 324 g/mol. The molecule has 0 spiro atoms. The molecule has 0 aliphatic heterocycles. The first-order valence-corrected chi connectivity index (χ1v) is 8.93. The number of hydrogen-bond acceptors (Lipinski definition) is 3. The molecule has 0 unspecified atom stereocenters. The van der Waals surface area contributed by atoms with Crippen LogP contribution in [0.3, 0.4) is 0 Å². The van der Waals surface area contributed by atoms with E-state index in [2.05, 4.69) is 38.8 Å². The lowest BCUT2D eigenvalue weighted by Gasteiger charge is -2.42. The van der Waals surface area contributed by atoms with E-state index < -0.39 is 5.97 Å². The van der Waals surface area contributed by atoms with Crippen molar-refractivity contribution in [3.8, 4) is 0 Å². The van der Waals surface area contributed by atoms with Crippen molar-refractivity contribution in [2.45, 2.75) is 51.4 Å². The molecule has 1 aliphatic carbocycles. The molecule has 1 aliphatic rings. The summed E-state index contributed by atoms with van der Waals surface area (Å²) in [5.74, 6) is -0.940. The van der Waals surface area contributed by atoms with Gasteiger partial charge in [0.05, 0.1) is 11.3 Å². The van der Waals surface area contributed by atoms with Gasteiger partial charge >= 0.3 is 5.97 Å². The average Bonchev–Trinajstić information content (AvgIpc) is 2.58. The first-order valence-electron chi connectivity index (χ1n) is 8.93. The summed E-state index contributed by atoms with van der Waals surface area (Å²) in [7, 11) is 0. The molecule has 2 aromatic carbocycles. The molecule has 3 N–H and O–H groups in total. The van der Waals surface area contributed by atoms with Crippen molar-refractivity contribution in [1.82, 2.24) is 0 Å². The summed E-state index contributed by atoms with van der Waals surface area (Å²) < 4.78 is 0. The third-order valence-electron chi connectivity index (χ3n) is 5.53. The second-order valence-corrected chi connectivity index (χ2v) is 8.37. The highest BCUT2D eigenvalue weighted by atomic mass is 16.4. The van der Waals surface area contributed by atoms with E-state index in [9.17, 15) is 4.79 Å². The number of nitrogen functional groups attached to an aromatic ring is 1. The zero-order chi connectivity index (χ0) is 19.1. The largest absolute Gasteiger partial charge is 0.478 e. The van der Waals surface area contributed by atoms with Crippen molar-refractivity contribution in [2.75, 3.05) is 5.73 Å². The molecule has 0 amide bonds. The normalized spacial score (nSPS) is 17.8. The molecule has 4 heteroatoms. The van der Waals surface area contributed by atoms with Crippen molar-refractivity contribution in [1.29, 1.82) is 0 Å². The Morgan fingerprint density at radius 3 is 2.27 bits per heavy atom. The maximum Gasteiger partial charge on any atom is 0.335 e. The Hall–Kier alpha value is -2.62. The van der Waals surface area contributed by atoms with Gasteiger partial charge in [0, 0.05) is 17.5 Å². The third kappa shape index (κ3) is 3.24. The van der Waals surface area contributed by atoms with Crippen LogP contribution in [0.25, 0.3) is 0 Å². The van der Waals surface area contributed by atoms with Crippen molar-refractivity contribution >= 4 is 23.6 Å². The van der Waals surface area contributed by atoms with Gasteiger partial charge in [0.25, 0.3) is 0 Å². The molecule has 0 heterocycles. The van der Waals surface area contributed by atoms with Gasteiger partial charge in [0.15, 0.2) is 0 Å². The molecule has 0 bridgehead atoms. The van der Waals surface area contributed by atoms with Crippen LogP contribution in [0.5, 0.6) is 0 Å². The molecule has 0 saturated carbocycles. The smallest absolute Gasteiger partial charge is 0.335 e. The van der Waals surface area contributed by atoms with Crippen LogP contribution in [0.4, 0.5) is 11.4 Å². The fraction of sp³-hybridized carbons (Fsp3) is 0.364. The van der Waals surface area contributed by atoms with Gasteiger partial charge in [0.2, 0.25) is 0 Å². The summed E-state index contributed by atoms with van der Waals surface area (Å²) in [5.41, 5.74) is 11.9. The summed E-state index contributed by atoms with van der Waals surface area (Å²) in [6, 6.07) is 10.7. The zero-order valence-corrected chi connectivity index (χ0v) is 15.8. The van der Waals surface area contributed by atoms with Crippen LogP contribution in [-0.4, -0.2) is 17.3 Å². The Balaban J connectivity index is 1.98. The van der Waals surface area contributed by atoms with E-state index in [-0.39, 0.29) is 16.4 Å². The molecule has 136 valence electrons. The van der Waals surface area contributed by atoms with Gasteiger partial charge in [0.1, 0.15) is 0 Å². The molecular formula is C22H26N2O2. The Bertz CT molecular complexity index is 878. The molecule has 26 heavy (non-hydrogen) atoms. The fourth-order valence-corrected chi connectivity index (χ4v) is 3.76. The maximum absolute atomic E-state index is 10.9. The van der Waals surface area contributed by atoms with Gasteiger partial charge in [-0.3, -0.25) is 4.99 Å². The molecule has 0 atom stereocenters. The quantitative estimate of drug-likeness (QED) is 0.599. The van der Waals surface area contributed by atoms with E-state index in [1.54, 1.807) is 30.5 Å². The SMILES string of the molecule is CC1(C)CCC(C)(C)c2c1ccc(C=Nc1ccc(C(=O)O)cc1)c2N. The topological polar surface area (TPSA) is 75.7 Å². The lowest BCUT2D eigenvalue weighted by Crippen LogP contribution is -2.35. The van der Waals surface area contributed by atoms with Crippen LogP contribution in [0.2, 0.25) is 0 Å². The highest BCUT2D eigenvalue weighted by Crippen LogP contribution is 2.48. The molecule has 2 aromatic rings. The van der Waals surface area contributed by atoms with Gasteiger partial charge in [-0.2, -0.15) is 0 Å². The summed E-state index contributed by atoms with van der Waals surface area (Å²) >= 11 is 0. The van der Waals surface area contributed by atoms with Crippen LogP contribution in [0.15, 0.2) is 41.4 Å². The predicted octanol–water partition coefficient (Wildman–Crippen LogP) is 5.07. The minimum atomic E-state index is -0.940. The standard InChI is InChI=1S/C22H26N2O2/c1-21(2)11-12-22(3,4)18-17(21)10-7-15(19(18)23)13-24-16-8-5-14(6-9-16)20(25)26/h5-10,13H,11-12,23H2,1-4H3,(H,25,26). The number of fused-ring (bicyclic) bond motifs is 1. The van der Waals surface area contributed by atoms with Crippen LogP contribution in [0, 0.1) is 0 Å². The Kier molecular flexibility index (Phi) is 4.39. The summed E-state index contributed by atoms with van der Waals surface area (Å²) in [6.07, 6.45) is 4.02. The first kappa shape index (κ1) is 18.2. The van der Waals surface area contributed by atoms with E-state index in [1.807, 2.05) is 6.07 Å². The van der Waals surface area contributed by atoms with Gasteiger partial charge in [-0.15, -0.1) is 0 Å². The number of anilines is 1. The van der Waals surface area contributed by atoms with Crippen LogP contribution in [-0.2, 0) is 10.8 Å². The van der Waals surface area contributed by atoms with Crippen LogP contribution < -0.4 is 5.73 Å². The van der Waals surface area contributed by atoms with E-state index in [0.717, 1.165) is 24.1 Å². The van der Waals surface area contributed by atoms with Crippen molar-refractivity contribution in [3.05, 3.63) is 58.7 Å². The number of carboxylic acid groups (broad SMARTS) is 1. The Morgan fingerprint density at radius 1 is 1.04 bits per heavy atom. The number of rotatable bonds is 3. The third-order valence-corrected chi connectivity index (χ3v) is 5.53. The monoisotopic (exact) mass is 350 g/mol. The highest BCUT2D eigenvalue weighted by molar-refractivity contribution is 5.91. The van der Waals surface area contributed by atoms with E-state index >= 15 is 0 Å². The molecule has 3 rings (SSSR count). The Morgan fingerprint density at radius 2 is 1.65 bits per heavy atom. The number of hydrogen-bond donors (Lipinski definition) is 2. The summed E-state index contributed by atoms with van der Waals surface area (Å²) in [4.78, 5) is 15.4. The number of aliphatic imine (C=N–C) groups is 1. The van der Waals surface area contributed by atoms with Crippen molar-refractivity contribution < 1.29 is 9.90 Å². The number of nitrogens with zero attached hydrogens (tertiary/aromatic N) is 1. The second kappa shape index (κ2) is 6.27. The van der Waals surface area contributed by atoms with E-state index in [0.29, 0.717) is 5.69 Å². The van der Waals surface area contributed by atoms with Crippen LogP contribution >= 0.6 is 0 Å². The summed E-state index contributed by atoms with van der Waals surface area (Å²) in [5, 5.41) is 8.97. The number of aromatic carboxylic acids is 1. The molecule has 0 fully saturated rings. The van der Waals surface area contributed by atoms with Gasteiger partial charge in [-0.05, 0) is 59.1 Å². The summed E-state index contributed by atoms with van der Waals surface area (Å²) in [6.45, 7) is 9.06. The molecule has 0 saturated heterocycles. The number of nitrogens with two attached hydrogens (primary N) is 1. The van der Waals surface area contributed by atoms with Crippen LogP contribution in [0.1, 0.15) is 67.6 Å². The Labute approximate surface area is 154 Å². The minimum Gasteiger partial charge on any atom is -0.478 e. The minimum absolute atomic E-state index is 0.0436. The molecule has 0 aromatic heterocycles. The lowest BCUT2D eigenvalue weighted by atomic mass is 9.62. The first-order chi connectivity index (χ1) is 12.1.